The van der Waals surface area contributed by atoms with Gasteiger partial charge in [0.1, 0.15) is 24.3 Å². The first-order valence-corrected chi connectivity index (χ1v) is 9.72. The van der Waals surface area contributed by atoms with Crippen LogP contribution in [0.25, 0.3) is 11.1 Å². The summed E-state index contributed by atoms with van der Waals surface area (Å²) in [5.74, 6) is -3.00. The molecule has 2 N–H and O–H groups in total. The molecule has 1 aliphatic rings. The van der Waals surface area contributed by atoms with Crippen LogP contribution in [0.15, 0.2) is 66.7 Å². The molecule has 0 aliphatic heterocycles. The predicted molar refractivity (Wildman–Crippen MR) is 110 cm³/mol. The van der Waals surface area contributed by atoms with Crippen molar-refractivity contribution in [2.45, 2.75) is 18.4 Å². The third kappa shape index (κ3) is 4.26. The number of alkyl carbamates (subject to hydrolysis) is 1. The molecule has 1 aliphatic carbocycles. The lowest BCUT2D eigenvalue weighted by Gasteiger charge is -2.18. The molecular formula is C24H19F2NO4. The lowest BCUT2D eigenvalue weighted by Crippen LogP contribution is -2.43. The molecule has 31 heavy (non-hydrogen) atoms. The van der Waals surface area contributed by atoms with Gasteiger partial charge in [0.15, 0.2) is 0 Å². The Morgan fingerprint density at radius 1 is 0.968 bits per heavy atom. The topological polar surface area (TPSA) is 75.6 Å². The van der Waals surface area contributed by atoms with Gasteiger partial charge < -0.3 is 15.2 Å². The fraction of sp³-hybridized carbons (Fsp3) is 0.167. The highest BCUT2D eigenvalue weighted by Gasteiger charge is 2.30. The predicted octanol–water partition coefficient (Wildman–Crippen LogP) is 4.50. The number of hydrogen-bond donors (Lipinski definition) is 2. The normalized spacial score (nSPS) is 13.2. The number of carbonyl (C=O) groups excluding carboxylic acids is 1. The Morgan fingerprint density at radius 3 is 2.19 bits per heavy atom. The standard InChI is InChI=1S/C24H19F2NO4/c25-15-9-10-21(26)14(11-15)12-22(23(28)29)27-24(30)31-13-20-18-7-3-1-5-16(18)17-6-2-4-8-19(17)20/h1-11,20,22H,12-13H2,(H,27,30)(H,28,29). The summed E-state index contributed by atoms with van der Waals surface area (Å²) in [5, 5.41) is 11.6. The molecule has 3 aromatic rings. The summed E-state index contributed by atoms with van der Waals surface area (Å²) in [7, 11) is 0. The SMILES string of the molecule is O=C(NC(Cc1cc(F)ccc1F)C(=O)O)OCC1c2ccccc2-c2ccccc21. The molecular weight excluding hydrogens is 404 g/mol. The second-order valence-electron chi connectivity index (χ2n) is 7.30. The monoisotopic (exact) mass is 423 g/mol. The number of amides is 1. The lowest BCUT2D eigenvalue weighted by molar-refractivity contribution is -0.139. The molecule has 0 radical (unpaired) electrons. The van der Waals surface area contributed by atoms with Crippen molar-refractivity contribution in [3.05, 3.63) is 95.1 Å². The molecule has 4 rings (SSSR count). The fourth-order valence-corrected chi connectivity index (χ4v) is 3.90. The van der Waals surface area contributed by atoms with E-state index in [2.05, 4.69) is 5.32 Å². The second kappa shape index (κ2) is 8.55. The van der Waals surface area contributed by atoms with Crippen molar-refractivity contribution in [3.8, 4) is 11.1 Å². The number of ether oxygens (including phenoxy) is 1. The van der Waals surface area contributed by atoms with Crippen molar-refractivity contribution in [2.24, 2.45) is 0 Å². The number of fused-ring (bicyclic) bond motifs is 3. The molecule has 7 heteroatoms. The average molecular weight is 423 g/mol. The number of carbonyl (C=O) groups is 2. The van der Waals surface area contributed by atoms with Crippen LogP contribution in [-0.2, 0) is 16.0 Å². The van der Waals surface area contributed by atoms with Crippen LogP contribution in [0.2, 0.25) is 0 Å². The van der Waals surface area contributed by atoms with Crippen LogP contribution in [0.3, 0.4) is 0 Å². The van der Waals surface area contributed by atoms with E-state index in [0.29, 0.717) is 0 Å². The van der Waals surface area contributed by atoms with Gasteiger partial charge in [-0.25, -0.2) is 18.4 Å². The molecule has 0 bridgehead atoms. The maximum atomic E-state index is 13.9. The fourth-order valence-electron chi connectivity index (χ4n) is 3.90. The van der Waals surface area contributed by atoms with Gasteiger partial charge in [0, 0.05) is 12.3 Å². The van der Waals surface area contributed by atoms with Crippen LogP contribution in [0.4, 0.5) is 13.6 Å². The number of benzene rings is 3. The Bertz CT molecular complexity index is 1100. The van der Waals surface area contributed by atoms with E-state index in [1.54, 1.807) is 0 Å². The van der Waals surface area contributed by atoms with Crippen LogP contribution >= 0.6 is 0 Å². The maximum absolute atomic E-state index is 13.9. The summed E-state index contributed by atoms with van der Waals surface area (Å²) in [6.45, 7) is 0.0144. The number of rotatable bonds is 6. The van der Waals surface area contributed by atoms with Gasteiger partial charge in [-0.3, -0.25) is 0 Å². The quantitative estimate of drug-likeness (QED) is 0.612. The summed E-state index contributed by atoms with van der Waals surface area (Å²) in [6.07, 6.45) is -1.35. The van der Waals surface area contributed by atoms with E-state index in [1.165, 1.54) is 0 Å². The van der Waals surface area contributed by atoms with Gasteiger partial charge in [0.05, 0.1) is 0 Å². The van der Waals surface area contributed by atoms with E-state index >= 15 is 0 Å². The van der Waals surface area contributed by atoms with Gasteiger partial charge in [-0.15, -0.1) is 0 Å². The van der Waals surface area contributed by atoms with Crippen molar-refractivity contribution >= 4 is 12.1 Å². The van der Waals surface area contributed by atoms with E-state index in [0.717, 1.165) is 40.5 Å². The molecule has 0 saturated carbocycles. The van der Waals surface area contributed by atoms with Gasteiger partial charge in [-0.05, 0) is 46.0 Å². The summed E-state index contributed by atoms with van der Waals surface area (Å²) >= 11 is 0. The van der Waals surface area contributed by atoms with Crippen LogP contribution in [-0.4, -0.2) is 29.8 Å². The maximum Gasteiger partial charge on any atom is 0.407 e. The van der Waals surface area contributed by atoms with Crippen molar-refractivity contribution in [1.82, 2.24) is 5.32 Å². The van der Waals surface area contributed by atoms with Gasteiger partial charge in [-0.1, -0.05) is 48.5 Å². The molecule has 158 valence electrons. The smallest absolute Gasteiger partial charge is 0.407 e. The minimum atomic E-state index is -1.47. The lowest BCUT2D eigenvalue weighted by atomic mass is 9.98. The molecule has 5 nitrogen and oxygen atoms in total. The van der Waals surface area contributed by atoms with Crippen molar-refractivity contribution in [2.75, 3.05) is 6.61 Å². The summed E-state index contributed by atoms with van der Waals surface area (Å²) < 4.78 is 32.6. The van der Waals surface area contributed by atoms with E-state index in [9.17, 15) is 23.5 Å². The molecule has 1 amide bonds. The highest BCUT2D eigenvalue weighted by Crippen LogP contribution is 2.44. The van der Waals surface area contributed by atoms with Crippen LogP contribution in [0.5, 0.6) is 0 Å². The zero-order valence-electron chi connectivity index (χ0n) is 16.3. The largest absolute Gasteiger partial charge is 0.480 e. The molecule has 1 unspecified atom stereocenters. The van der Waals surface area contributed by atoms with Crippen LogP contribution in [0, 0.1) is 11.6 Å². The van der Waals surface area contributed by atoms with E-state index < -0.39 is 36.2 Å². The Balaban J connectivity index is 1.45. The third-order valence-corrected chi connectivity index (χ3v) is 5.37. The van der Waals surface area contributed by atoms with E-state index in [-0.39, 0.29) is 18.1 Å². The van der Waals surface area contributed by atoms with Crippen molar-refractivity contribution in [1.29, 1.82) is 0 Å². The van der Waals surface area contributed by atoms with E-state index in [4.69, 9.17) is 4.74 Å². The van der Waals surface area contributed by atoms with Crippen molar-refractivity contribution < 1.29 is 28.2 Å². The van der Waals surface area contributed by atoms with Gasteiger partial charge in [0.25, 0.3) is 0 Å². The highest BCUT2D eigenvalue weighted by atomic mass is 19.1. The number of halogens is 2. The molecule has 1 atom stereocenters. The first kappa shape index (κ1) is 20.5. The summed E-state index contributed by atoms with van der Waals surface area (Å²) in [4.78, 5) is 23.9. The number of carboxylic acid groups (broad SMARTS) is 1. The van der Waals surface area contributed by atoms with Gasteiger partial charge in [-0.2, -0.15) is 0 Å². The molecule has 0 aromatic heterocycles. The number of nitrogens with one attached hydrogen (secondary N) is 1. The summed E-state index contributed by atoms with van der Waals surface area (Å²) in [6, 6.07) is 16.9. The molecule has 3 aromatic carbocycles. The summed E-state index contributed by atoms with van der Waals surface area (Å²) in [5.41, 5.74) is 4.03. The van der Waals surface area contributed by atoms with Crippen LogP contribution < -0.4 is 5.32 Å². The van der Waals surface area contributed by atoms with Crippen LogP contribution in [0.1, 0.15) is 22.6 Å². The Kier molecular flexibility index (Phi) is 5.66. The Labute approximate surface area is 177 Å². The molecule has 0 spiro atoms. The zero-order valence-corrected chi connectivity index (χ0v) is 16.3. The first-order chi connectivity index (χ1) is 14.9. The number of aliphatic carboxylic acids is 1. The van der Waals surface area contributed by atoms with Gasteiger partial charge >= 0.3 is 12.1 Å². The Hall–Kier alpha value is -3.74. The zero-order chi connectivity index (χ0) is 22.0. The second-order valence-corrected chi connectivity index (χ2v) is 7.30. The van der Waals surface area contributed by atoms with E-state index in [1.807, 2.05) is 48.5 Å². The average Bonchev–Trinajstić information content (AvgIpc) is 3.08. The van der Waals surface area contributed by atoms with Gasteiger partial charge in [0.2, 0.25) is 0 Å². The highest BCUT2D eigenvalue weighted by molar-refractivity contribution is 5.81. The molecule has 0 fully saturated rings. The minimum Gasteiger partial charge on any atom is -0.480 e. The van der Waals surface area contributed by atoms with Crippen molar-refractivity contribution in [3.63, 3.8) is 0 Å². The first-order valence-electron chi connectivity index (χ1n) is 9.72. The Morgan fingerprint density at radius 2 is 1.58 bits per heavy atom. The molecule has 0 heterocycles. The minimum absolute atomic E-state index is 0.0144. The number of carboxylic acids is 1. The number of hydrogen-bond acceptors (Lipinski definition) is 3. The molecule has 0 saturated heterocycles. The third-order valence-electron chi connectivity index (χ3n) is 5.37.